The van der Waals surface area contributed by atoms with Crippen molar-refractivity contribution in [3.8, 4) is 5.75 Å². The molecule has 9 heteroatoms. The van der Waals surface area contributed by atoms with Crippen LogP contribution in [0.2, 0.25) is 0 Å². The monoisotopic (exact) mass is 363 g/mol. The lowest BCUT2D eigenvalue weighted by Gasteiger charge is -2.15. The van der Waals surface area contributed by atoms with Gasteiger partial charge >= 0.3 is 12.1 Å². The predicted molar refractivity (Wildman–Crippen MR) is 83.3 cm³/mol. The summed E-state index contributed by atoms with van der Waals surface area (Å²) in [5, 5.41) is 2.27. The maximum absolute atomic E-state index is 12.8. The van der Waals surface area contributed by atoms with Crippen molar-refractivity contribution in [2.24, 2.45) is 0 Å². The fourth-order valence-electron chi connectivity index (χ4n) is 1.77. The van der Waals surface area contributed by atoms with Crippen LogP contribution in [-0.4, -0.2) is 38.8 Å². The molecular weight excluding hydrogens is 343 g/mol. The number of hydrogen-bond acceptors (Lipinski definition) is 5. The van der Waals surface area contributed by atoms with Crippen molar-refractivity contribution in [3.63, 3.8) is 0 Å². The van der Waals surface area contributed by atoms with Crippen LogP contribution in [0.25, 0.3) is 0 Å². The van der Waals surface area contributed by atoms with Gasteiger partial charge in [-0.3, -0.25) is 9.59 Å². The standard InChI is InChI=1S/C16H20F3NO5/c1-3-4-15(22)25-10-14(21)20-12-9-11(16(17,18)19)5-6-13(12)24-8-7-23-2/h5-6,9H,3-4,7-8,10H2,1-2H3,(H,20,21). The molecule has 1 rings (SSSR count). The summed E-state index contributed by atoms with van der Waals surface area (Å²) in [5.41, 5.74) is -1.10. The van der Waals surface area contributed by atoms with Crippen LogP contribution in [0.15, 0.2) is 18.2 Å². The number of esters is 1. The minimum Gasteiger partial charge on any atom is -0.489 e. The summed E-state index contributed by atoms with van der Waals surface area (Å²) in [7, 11) is 1.45. The lowest BCUT2D eigenvalue weighted by atomic mass is 10.1. The van der Waals surface area contributed by atoms with Gasteiger partial charge in [0.15, 0.2) is 6.61 Å². The third kappa shape index (κ3) is 7.42. The summed E-state index contributed by atoms with van der Waals surface area (Å²) in [4.78, 5) is 23.1. The van der Waals surface area contributed by atoms with Crippen molar-refractivity contribution in [2.45, 2.75) is 25.9 Å². The van der Waals surface area contributed by atoms with Crippen LogP contribution in [0.5, 0.6) is 5.75 Å². The molecule has 0 bridgehead atoms. The van der Waals surface area contributed by atoms with Crippen molar-refractivity contribution in [2.75, 3.05) is 32.2 Å². The van der Waals surface area contributed by atoms with Crippen LogP contribution < -0.4 is 10.1 Å². The first kappa shape index (κ1) is 20.8. The Hall–Kier alpha value is -2.29. The first-order valence-electron chi connectivity index (χ1n) is 7.56. The summed E-state index contributed by atoms with van der Waals surface area (Å²) < 4.78 is 53.3. The minimum atomic E-state index is -4.57. The lowest BCUT2D eigenvalue weighted by molar-refractivity contribution is -0.147. The number of ether oxygens (including phenoxy) is 3. The zero-order valence-corrected chi connectivity index (χ0v) is 13.9. The largest absolute Gasteiger partial charge is 0.489 e. The molecule has 0 saturated carbocycles. The molecule has 25 heavy (non-hydrogen) atoms. The molecule has 0 heterocycles. The number of carbonyl (C=O) groups excluding carboxylic acids is 2. The molecule has 0 spiro atoms. The summed E-state index contributed by atoms with van der Waals surface area (Å²) >= 11 is 0. The van der Waals surface area contributed by atoms with Gasteiger partial charge in [-0.15, -0.1) is 0 Å². The van der Waals surface area contributed by atoms with Crippen LogP contribution in [0.3, 0.4) is 0 Å². The molecule has 6 nitrogen and oxygen atoms in total. The van der Waals surface area contributed by atoms with E-state index in [4.69, 9.17) is 14.2 Å². The van der Waals surface area contributed by atoms with E-state index in [9.17, 15) is 22.8 Å². The number of halogens is 3. The Kier molecular flexibility index (Phi) is 8.20. The van der Waals surface area contributed by atoms with Gasteiger partial charge in [0.1, 0.15) is 12.4 Å². The fourth-order valence-corrected chi connectivity index (χ4v) is 1.77. The molecule has 1 aromatic carbocycles. The van der Waals surface area contributed by atoms with E-state index in [1.54, 1.807) is 6.92 Å². The van der Waals surface area contributed by atoms with E-state index in [1.165, 1.54) is 7.11 Å². The van der Waals surface area contributed by atoms with Gasteiger partial charge in [0.05, 0.1) is 17.9 Å². The van der Waals surface area contributed by atoms with Crippen molar-refractivity contribution < 1.29 is 37.0 Å². The van der Waals surface area contributed by atoms with Gasteiger partial charge in [0, 0.05) is 13.5 Å². The second-order valence-electron chi connectivity index (χ2n) is 5.01. The number of benzene rings is 1. The highest BCUT2D eigenvalue weighted by molar-refractivity contribution is 5.94. The average Bonchev–Trinajstić information content (AvgIpc) is 2.54. The van der Waals surface area contributed by atoms with E-state index in [-0.39, 0.29) is 31.1 Å². The number of alkyl halides is 3. The molecule has 0 aliphatic rings. The van der Waals surface area contributed by atoms with Gasteiger partial charge < -0.3 is 19.5 Å². The Balaban J connectivity index is 2.84. The molecule has 1 N–H and O–H groups in total. The number of anilines is 1. The molecule has 0 radical (unpaired) electrons. The summed E-state index contributed by atoms with van der Waals surface area (Å²) in [5.74, 6) is -1.27. The number of hydrogen-bond donors (Lipinski definition) is 1. The van der Waals surface area contributed by atoms with Gasteiger partial charge in [-0.25, -0.2) is 0 Å². The van der Waals surface area contributed by atoms with Crippen molar-refractivity contribution in [1.29, 1.82) is 0 Å². The first-order chi connectivity index (χ1) is 11.8. The van der Waals surface area contributed by atoms with E-state index in [0.29, 0.717) is 6.42 Å². The van der Waals surface area contributed by atoms with Gasteiger partial charge in [0.2, 0.25) is 0 Å². The van der Waals surface area contributed by atoms with Crippen molar-refractivity contribution in [3.05, 3.63) is 23.8 Å². The molecular formula is C16H20F3NO5. The van der Waals surface area contributed by atoms with Gasteiger partial charge in [-0.05, 0) is 24.6 Å². The maximum Gasteiger partial charge on any atom is 0.416 e. The Morgan fingerprint density at radius 1 is 1.20 bits per heavy atom. The third-order valence-electron chi connectivity index (χ3n) is 2.94. The summed E-state index contributed by atoms with van der Waals surface area (Å²) in [6.45, 7) is 1.50. The van der Waals surface area contributed by atoms with E-state index in [1.807, 2.05) is 0 Å². The quantitative estimate of drug-likeness (QED) is 0.539. The Morgan fingerprint density at radius 3 is 2.52 bits per heavy atom. The SMILES string of the molecule is CCCC(=O)OCC(=O)Nc1cc(C(F)(F)F)ccc1OCCOC. The Bertz CT molecular complexity index is 590. The molecule has 0 aliphatic heterocycles. The topological polar surface area (TPSA) is 73.9 Å². The second-order valence-corrected chi connectivity index (χ2v) is 5.01. The van der Waals surface area contributed by atoms with E-state index in [2.05, 4.69) is 5.32 Å². The number of nitrogens with one attached hydrogen (secondary N) is 1. The molecule has 1 aromatic rings. The van der Waals surface area contributed by atoms with Crippen LogP contribution in [0, 0.1) is 0 Å². The smallest absolute Gasteiger partial charge is 0.416 e. The Morgan fingerprint density at radius 2 is 1.92 bits per heavy atom. The molecule has 1 amide bonds. The van der Waals surface area contributed by atoms with Crippen molar-refractivity contribution >= 4 is 17.6 Å². The first-order valence-corrected chi connectivity index (χ1v) is 7.56. The van der Waals surface area contributed by atoms with E-state index < -0.39 is 30.2 Å². The highest BCUT2D eigenvalue weighted by atomic mass is 19.4. The van der Waals surface area contributed by atoms with Gasteiger partial charge in [0.25, 0.3) is 5.91 Å². The number of amides is 1. The molecule has 0 fully saturated rings. The van der Waals surface area contributed by atoms with E-state index in [0.717, 1.165) is 18.2 Å². The maximum atomic E-state index is 12.8. The molecule has 0 aliphatic carbocycles. The Labute approximate surface area is 143 Å². The summed E-state index contributed by atoms with van der Waals surface area (Å²) in [6, 6.07) is 2.71. The molecule has 0 saturated heterocycles. The van der Waals surface area contributed by atoms with Crippen LogP contribution >= 0.6 is 0 Å². The number of carbonyl (C=O) groups is 2. The zero-order valence-electron chi connectivity index (χ0n) is 13.9. The van der Waals surface area contributed by atoms with Crippen LogP contribution in [0.4, 0.5) is 18.9 Å². The lowest BCUT2D eigenvalue weighted by Crippen LogP contribution is -2.21. The van der Waals surface area contributed by atoms with Crippen molar-refractivity contribution in [1.82, 2.24) is 0 Å². The second kappa shape index (κ2) is 9.87. The van der Waals surface area contributed by atoms with Gasteiger partial charge in [-0.2, -0.15) is 13.2 Å². The highest BCUT2D eigenvalue weighted by Crippen LogP contribution is 2.35. The normalized spacial score (nSPS) is 11.1. The number of rotatable bonds is 9. The van der Waals surface area contributed by atoms with Crippen LogP contribution in [0.1, 0.15) is 25.3 Å². The molecule has 0 atom stereocenters. The predicted octanol–water partition coefficient (Wildman–Crippen LogP) is 3.01. The molecule has 140 valence electrons. The highest BCUT2D eigenvalue weighted by Gasteiger charge is 2.31. The van der Waals surface area contributed by atoms with Gasteiger partial charge in [-0.1, -0.05) is 6.92 Å². The minimum absolute atomic E-state index is 0.0540. The number of methoxy groups -OCH3 is 1. The molecule has 0 aromatic heterocycles. The van der Waals surface area contributed by atoms with Crippen LogP contribution in [-0.2, 0) is 25.2 Å². The zero-order chi connectivity index (χ0) is 18.9. The average molecular weight is 363 g/mol. The van der Waals surface area contributed by atoms with E-state index >= 15 is 0 Å². The third-order valence-corrected chi connectivity index (χ3v) is 2.94. The molecule has 0 unspecified atom stereocenters. The summed E-state index contributed by atoms with van der Waals surface area (Å²) in [6.07, 6.45) is -3.86. The fraction of sp³-hybridized carbons (Fsp3) is 0.500.